The third kappa shape index (κ3) is 3.48. The second kappa shape index (κ2) is 8.79. The number of anilines is 1. The second-order valence-electron chi connectivity index (χ2n) is 9.65. The Hall–Kier alpha value is -3.76. The Morgan fingerprint density at radius 3 is 2.00 bits per heavy atom. The van der Waals surface area contributed by atoms with Crippen molar-refractivity contribution in [3.05, 3.63) is 121 Å². The molecule has 35 heavy (non-hydrogen) atoms. The van der Waals surface area contributed by atoms with Gasteiger partial charge in [0.25, 0.3) is 0 Å². The van der Waals surface area contributed by atoms with Crippen LogP contribution in [0.1, 0.15) is 17.5 Å². The average Bonchev–Trinajstić information content (AvgIpc) is 3.18. The number of para-hydroxylation sites is 1. The van der Waals surface area contributed by atoms with E-state index >= 15 is 0 Å². The standard InChI is InChI=1S/C31H28N2O2/c1-2-12-25-27-24(22-15-8-4-9-16-22)19-26(32(25)20-21-13-6-3-7-14-21)28-29(27)31(35)33(30(28)34)23-17-10-5-11-18-23/h2-11,13-19,25-29H,1,12,20H2/t25?,26-,27-,28+,29-/m0/s1. The van der Waals surface area contributed by atoms with Gasteiger partial charge in [0.05, 0.1) is 17.5 Å². The molecule has 0 radical (unpaired) electrons. The van der Waals surface area contributed by atoms with Gasteiger partial charge in [0, 0.05) is 24.5 Å². The Kier molecular flexibility index (Phi) is 5.46. The number of nitrogens with zero attached hydrogens (tertiary/aromatic N) is 2. The number of piperidine rings is 1. The zero-order chi connectivity index (χ0) is 23.9. The molecule has 2 amide bonds. The van der Waals surface area contributed by atoms with E-state index in [0.29, 0.717) is 5.69 Å². The molecule has 1 aliphatic carbocycles. The summed E-state index contributed by atoms with van der Waals surface area (Å²) in [4.78, 5) is 31.7. The smallest absolute Gasteiger partial charge is 0.239 e. The van der Waals surface area contributed by atoms with Crippen molar-refractivity contribution in [3.8, 4) is 0 Å². The quantitative estimate of drug-likeness (QED) is 0.369. The van der Waals surface area contributed by atoms with E-state index in [9.17, 15) is 9.59 Å². The third-order valence-electron chi connectivity index (χ3n) is 7.82. The first-order valence-electron chi connectivity index (χ1n) is 12.3. The predicted molar refractivity (Wildman–Crippen MR) is 138 cm³/mol. The van der Waals surface area contributed by atoms with Gasteiger partial charge in [-0.15, -0.1) is 6.58 Å². The number of carbonyl (C=O) groups excluding carboxylic acids is 2. The van der Waals surface area contributed by atoms with E-state index in [1.807, 2.05) is 60.7 Å². The SMILES string of the molecule is C=CCC1[C@@H]2C(c3ccccc3)=C[C@@H]([C@H]3C(=O)N(c4ccccc4)C(=O)[C@H]32)N1Cc1ccccc1. The van der Waals surface area contributed by atoms with Gasteiger partial charge in [-0.1, -0.05) is 91.0 Å². The highest BCUT2D eigenvalue weighted by atomic mass is 16.2. The molecule has 1 unspecified atom stereocenters. The van der Waals surface area contributed by atoms with Gasteiger partial charge in [-0.25, -0.2) is 4.90 Å². The Morgan fingerprint density at radius 2 is 1.34 bits per heavy atom. The van der Waals surface area contributed by atoms with Crippen LogP contribution in [0.3, 0.4) is 0 Å². The summed E-state index contributed by atoms with van der Waals surface area (Å²) in [5, 5.41) is 0. The van der Waals surface area contributed by atoms with Crippen LogP contribution in [0.5, 0.6) is 0 Å². The van der Waals surface area contributed by atoms with E-state index < -0.39 is 0 Å². The fraction of sp³-hybridized carbons (Fsp3) is 0.226. The molecule has 4 heteroatoms. The summed E-state index contributed by atoms with van der Waals surface area (Å²) in [7, 11) is 0. The lowest BCUT2D eigenvalue weighted by Gasteiger charge is -2.54. The molecule has 5 atom stereocenters. The molecule has 2 fully saturated rings. The van der Waals surface area contributed by atoms with Gasteiger partial charge in [0.1, 0.15) is 0 Å². The first-order valence-corrected chi connectivity index (χ1v) is 12.3. The Morgan fingerprint density at radius 1 is 0.743 bits per heavy atom. The Balaban J connectivity index is 1.49. The molecular weight excluding hydrogens is 432 g/mol. The van der Waals surface area contributed by atoms with Crippen molar-refractivity contribution >= 4 is 23.1 Å². The van der Waals surface area contributed by atoms with Crippen molar-refractivity contribution in [1.82, 2.24) is 4.90 Å². The number of hydrogen-bond donors (Lipinski definition) is 0. The molecule has 0 N–H and O–H groups in total. The monoisotopic (exact) mass is 460 g/mol. The van der Waals surface area contributed by atoms with Crippen LogP contribution in [-0.4, -0.2) is 28.8 Å². The Bertz CT molecular complexity index is 1290. The van der Waals surface area contributed by atoms with E-state index in [1.165, 1.54) is 16.0 Å². The maximum absolute atomic E-state index is 14.0. The number of carbonyl (C=O) groups is 2. The molecule has 2 saturated heterocycles. The zero-order valence-corrected chi connectivity index (χ0v) is 19.5. The van der Waals surface area contributed by atoms with Crippen LogP contribution < -0.4 is 4.90 Å². The van der Waals surface area contributed by atoms with E-state index in [2.05, 4.69) is 54.0 Å². The number of fused-ring (bicyclic) bond motifs is 1. The van der Waals surface area contributed by atoms with Crippen molar-refractivity contribution in [1.29, 1.82) is 0 Å². The van der Waals surface area contributed by atoms with Crippen LogP contribution in [0.4, 0.5) is 5.69 Å². The van der Waals surface area contributed by atoms with Crippen LogP contribution in [0.2, 0.25) is 0 Å². The normalized spacial score (nSPS) is 27.6. The molecule has 4 nitrogen and oxygen atoms in total. The van der Waals surface area contributed by atoms with Crippen molar-refractivity contribution in [2.45, 2.75) is 25.0 Å². The third-order valence-corrected chi connectivity index (χ3v) is 7.82. The average molecular weight is 461 g/mol. The van der Waals surface area contributed by atoms with Crippen molar-refractivity contribution in [3.63, 3.8) is 0 Å². The largest absolute Gasteiger partial charge is 0.288 e. The molecule has 0 aromatic heterocycles. The number of hydrogen-bond acceptors (Lipinski definition) is 3. The van der Waals surface area contributed by atoms with E-state index in [0.717, 1.165) is 18.5 Å². The highest BCUT2D eigenvalue weighted by molar-refractivity contribution is 6.23. The maximum Gasteiger partial charge on any atom is 0.239 e. The molecule has 3 aliphatic heterocycles. The minimum Gasteiger partial charge on any atom is -0.288 e. The van der Waals surface area contributed by atoms with Gasteiger partial charge in [-0.05, 0) is 35.3 Å². The van der Waals surface area contributed by atoms with Gasteiger partial charge >= 0.3 is 0 Å². The molecule has 4 aliphatic rings. The summed E-state index contributed by atoms with van der Waals surface area (Å²) in [5.41, 5.74) is 4.18. The molecule has 2 bridgehead atoms. The van der Waals surface area contributed by atoms with E-state index in [4.69, 9.17) is 0 Å². The van der Waals surface area contributed by atoms with Gasteiger partial charge in [0.2, 0.25) is 11.8 Å². The Labute approximate surface area is 206 Å². The van der Waals surface area contributed by atoms with Gasteiger partial charge in [-0.3, -0.25) is 14.5 Å². The number of benzene rings is 3. The highest BCUT2D eigenvalue weighted by Crippen LogP contribution is 2.55. The van der Waals surface area contributed by atoms with Gasteiger partial charge in [-0.2, -0.15) is 0 Å². The lowest BCUT2D eigenvalue weighted by molar-refractivity contribution is -0.129. The summed E-state index contributed by atoms with van der Waals surface area (Å²) in [5.74, 6) is -0.995. The highest BCUT2D eigenvalue weighted by Gasteiger charge is 2.63. The van der Waals surface area contributed by atoms with Crippen LogP contribution in [0, 0.1) is 17.8 Å². The maximum atomic E-state index is 14.0. The molecular formula is C31H28N2O2. The lowest BCUT2D eigenvalue weighted by atomic mass is 9.61. The van der Waals surface area contributed by atoms with E-state index in [1.54, 1.807) is 0 Å². The summed E-state index contributed by atoms with van der Waals surface area (Å²) in [6, 6.07) is 30.0. The lowest BCUT2D eigenvalue weighted by Crippen LogP contribution is -2.61. The summed E-state index contributed by atoms with van der Waals surface area (Å²) in [6.45, 7) is 4.78. The zero-order valence-electron chi connectivity index (χ0n) is 19.5. The molecule has 0 spiro atoms. The molecule has 3 heterocycles. The molecule has 3 aromatic carbocycles. The predicted octanol–water partition coefficient (Wildman–Crippen LogP) is 5.33. The van der Waals surface area contributed by atoms with Crippen molar-refractivity contribution in [2.24, 2.45) is 17.8 Å². The second-order valence-corrected chi connectivity index (χ2v) is 9.65. The van der Waals surface area contributed by atoms with Crippen LogP contribution in [0.25, 0.3) is 5.57 Å². The minimum atomic E-state index is -0.384. The van der Waals surface area contributed by atoms with Crippen LogP contribution in [-0.2, 0) is 16.1 Å². The van der Waals surface area contributed by atoms with Gasteiger partial charge in [0.15, 0.2) is 0 Å². The fourth-order valence-electron chi connectivity index (χ4n) is 6.44. The molecule has 0 saturated carbocycles. The van der Waals surface area contributed by atoms with E-state index in [-0.39, 0.29) is 41.7 Å². The van der Waals surface area contributed by atoms with Crippen LogP contribution in [0.15, 0.2) is 110 Å². The molecule has 174 valence electrons. The number of imide groups is 1. The topological polar surface area (TPSA) is 40.6 Å². The minimum absolute atomic E-state index is 0.0730. The number of rotatable bonds is 6. The first-order chi connectivity index (χ1) is 17.2. The summed E-state index contributed by atoms with van der Waals surface area (Å²) in [6.07, 6.45) is 4.98. The van der Waals surface area contributed by atoms with Crippen molar-refractivity contribution in [2.75, 3.05) is 4.90 Å². The molecule has 7 rings (SSSR count). The van der Waals surface area contributed by atoms with Gasteiger partial charge < -0.3 is 0 Å². The summed E-state index contributed by atoms with van der Waals surface area (Å²) < 4.78 is 0. The fourth-order valence-corrected chi connectivity index (χ4v) is 6.44. The molecule has 3 aromatic rings. The summed E-state index contributed by atoms with van der Waals surface area (Å²) >= 11 is 0. The van der Waals surface area contributed by atoms with Crippen molar-refractivity contribution < 1.29 is 9.59 Å². The number of amides is 2. The first kappa shape index (κ1) is 21.8. The van der Waals surface area contributed by atoms with Crippen LogP contribution >= 0.6 is 0 Å².